The van der Waals surface area contributed by atoms with Crippen LogP contribution in [0.15, 0.2) is 59.6 Å². The molecule has 4 heterocycles. The molecule has 3 aromatic rings. The number of hydrogen-bond donors (Lipinski definition) is 3. The fourth-order valence-corrected chi connectivity index (χ4v) is 7.07. The van der Waals surface area contributed by atoms with E-state index in [2.05, 4.69) is 20.6 Å². The first kappa shape index (κ1) is 34.6. The van der Waals surface area contributed by atoms with Crippen LogP contribution in [0.3, 0.4) is 0 Å². The molecule has 2 saturated heterocycles. The Kier molecular flexibility index (Phi) is 11.0. The molecule has 0 aliphatic carbocycles. The van der Waals surface area contributed by atoms with E-state index in [-0.39, 0.29) is 60.3 Å². The average molecular weight is 692 g/mol. The number of rotatable bonds is 13. The lowest BCUT2D eigenvalue weighted by atomic mass is 10.0. The van der Waals surface area contributed by atoms with Crippen molar-refractivity contribution in [3.63, 3.8) is 0 Å². The normalized spacial score (nSPS) is 16.1. The van der Waals surface area contributed by atoms with Gasteiger partial charge in [-0.05, 0) is 67.9 Å². The van der Waals surface area contributed by atoms with Crippen molar-refractivity contribution in [1.82, 2.24) is 24.9 Å². The van der Waals surface area contributed by atoms with Crippen LogP contribution in [-0.4, -0.2) is 98.6 Å². The SMILES string of the molecule is O=C(NCCCNCCO)c1ccc(C(F)(F)c2cc(Cl)nc(N3CCN(S(=O)(=O)c4ccc(N5CCCC5=O)cc4)CC3)c2)cn1. The van der Waals surface area contributed by atoms with Gasteiger partial charge in [0.15, 0.2) is 0 Å². The standard InChI is InChI=1S/C31H36ClF2N7O5S/c32-27-19-23(31(33,34)22-4-9-26(37-21-22)30(44)36-11-2-10-35-12-18-42)20-28(38-27)39-14-16-40(17-15-39)47(45,46)25-7-5-24(6-8-25)41-13-1-3-29(41)43/h4-9,19-21,35,42H,1-3,10-18H2,(H,36,44). The summed E-state index contributed by atoms with van der Waals surface area (Å²) in [4.78, 5) is 36.0. The number of carbonyl (C=O) groups is 2. The van der Waals surface area contributed by atoms with Gasteiger partial charge >= 0.3 is 0 Å². The van der Waals surface area contributed by atoms with Crippen LogP contribution in [0.5, 0.6) is 0 Å². The number of carbonyl (C=O) groups excluding carboxylic acids is 2. The van der Waals surface area contributed by atoms with Crippen molar-refractivity contribution in [3.8, 4) is 0 Å². The number of piperazine rings is 1. The summed E-state index contributed by atoms with van der Waals surface area (Å²) in [5, 5.41) is 14.3. The van der Waals surface area contributed by atoms with Crippen LogP contribution < -0.4 is 20.4 Å². The summed E-state index contributed by atoms with van der Waals surface area (Å²) < 4.78 is 59.4. The van der Waals surface area contributed by atoms with Gasteiger partial charge < -0.3 is 25.5 Å². The van der Waals surface area contributed by atoms with E-state index >= 15 is 8.78 Å². The van der Waals surface area contributed by atoms with Crippen LogP contribution in [0.1, 0.15) is 40.9 Å². The molecule has 0 radical (unpaired) electrons. The molecule has 0 atom stereocenters. The number of amides is 2. The van der Waals surface area contributed by atoms with E-state index in [1.54, 1.807) is 21.9 Å². The number of aliphatic hydroxyl groups is 1. The molecule has 2 amide bonds. The third kappa shape index (κ3) is 8.04. The van der Waals surface area contributed by atoms with E-state index in [1.165, 1.54) is 28.6 Å². The van der Waals surface area contributed by atoms with Crippen molar-refractivity contribution in [3.05, 3.63) is 76.7 Å². The topological polar surface area (TPSA) is 148 Å². The van der Waals surface area contributed by atoms with Gasteiger partial charge in [0.2, 0.25) is 15.9 Å². The molecule has 2 aliphatic rings. The quantitative estimate of drug-likeness (QED) is 0.182. The molecule has 0 unspecified atom stereocenters. The molecule has 5 rings (SSSR count). The molecule has 0 bridgehead atoms. The number of benzene rings is 1. The Morgan fingerprint density at radius 3 is 2.36 bits per heavy atom. The molecule has 0 spiro atoms. The van der Waals surface area contributed by atoms with Crippen molar-refractivity contribution in [1.29, 1.82) is 0 Å². The molecule has 252 valence electrons. The molecule has 2 aliphatic heterocycles. The smallest absolute Gasteiger partial charge is 0.300 e. The van der Waals surface area contributed by atoms with Crippen LogP contribution in [-0.2, 0) is 20.7 Å². The minimum Gasteiger partial charge on any atom is -0.395 e. The van der Waals surface area contributed by atoms with Crippen LogP contribution in [0.2, 0.25) is 5.15 Å². The summed E-state index contributed by atoms with van der Waals surface area (Å²) in [5.74, 6) is -3.81. The van der Waals surface area contributed by atoms with Gasteiger partial charge in [-0.1, -0.05) is 11.6 Å². The first-order valence-corrected chi connectivity index (χ1v) is 17.1. The van der Waals surface area contributed by atoms with Gasteiger partial charge in [-0.2, -0.15) is 13.1 Å². The maximum atomic E-state index is 15.7. The van der Waals surface area contributed by atoms with E-state index in [1.807, 2.05) is 0 Å². The van der Waals surface area contributed by atoms with Crippen molar-refractivity contribution in [2.24, 2.45) is 0 Å². The number of pyridine rings is 2. The van der Waals surface area contributed by atoms with E-state index in [0.29, 0.717) is 44.7 Å². The highest BCUT2D eigenvalue weighted by molar-refractivity contribution is 7.89. The van der Waals surface area contributed by atoms with E-state index < -0.39 is 33.0 Å². The Hall–Kier alpha value is -3.76. The third-order valence-electron chi connectivity index (χ3n) is 8.03. The number of sulfonamides is 1. The van der Waals surface area contributed by atoms with Gasteiger partial charge in [-0.25, -0.2) is 13.4 Å². The largest absolute Gasteiger partial charge is 0.395 e. The summed E-state index contributed by atoms with van der Waals surface area (Å²) >= 11 is 6.18. The molecular weight excluding hydrogens is 656 g/mol. The second-order valence-electron chi connectivity index (χ2n) is 11.2. The van der Waals surface area contributed by atoms with Crippen molar-refractivity contribution >= 4 is 44.9 Å². The van der Waals surface area contributed by atoms with Crippen LogP contribution in [0, 0.1) is 0 Å². The molecule has 3 N–H and O–H groups in total. The molecule has 2 aromatic heterocycles. The number of nitrogens with zero attached hydrogens (tertiary/aromatic N) is 5. The molecule has 16 heteroatoms. The fraction of sp³-hybridized carbons (Fsp3) is 0.419. The maximum Gasteiger partial charge on any atom is 0.300 e. The number of anilines is 2. The number of halogens is 3. The molecular formula is C31H36ClF2N7O5S. The maximum absolute atomic E-state index is 15.7. The van der Waals surface area contributed by atoms with Crippen LogP contribution >= 0.6 is 11.6 Å². The number of aliphatic hydroxyl groups excluding tert-OH is 1. The highest BCUT2D eigenvalue weighted by atomic mass is 35.5. The van der Waals surface area contributed by atoms with Crippen molar-refractivity contribution in [2.75, 3.05) is 68.8 Å². The Bertz CT molecular complexity index is 1670. The van der Waals surface area contributed by atoms with Gasteiger partial charge in [-0.15, -0.1) is 0 Å². The van der Waals surface area contributed by atoms with Crippen LogP contribution in [0.4, 0.5) is 20.3 Å². The minimum absolute atomic E-state index is 0.00761. The lowest BCUT2D eigenvalue weighted by Gasteiger charge is -2.35. The molecule has 0 saturated carbocycles. The van der Waals surface area contributed by atoms with Gasteiger partial charge in [-0.3, -0.25) is 14.6 Å². The Morgan fingerprint density at radius 1 is 0.979 bits per heavy atom. The minimum atomic E-state index is -3.83. The van der Waals surface area contributed by atoms with Crippen molar-refractivity contribution < 1.29 is 31.9 Å². The Labute approximate surface area is 276 Å². The first-order chi connectivity index (χ1) is 22.5. The zero-order valence-corrected chi connectivity index (χ0v) is 27.1. The van der Waals surface area contributed by atoms with Gasteiger partial charge in [0.05, 0.1) is 11.5 Å². The average Bonchev–Trinajstić information content (AvgIpc) is 3.51. The molecule has 47 heavy (non-hydrogen) atoms. The Balaban J connectivity index is 1.21. The summed E-state index contributed by atoms with van der Waals surface area (Å²) in [6.45, 7) is 2.62. The summed E-state index contributed by atoms with van der Waals surface area (Å²) in [6, 6.07) is 10.9. The van der Waals surface area contributed by atoms with Crippen LogP contribution in [0.25, 0.3) is 0 Å². The summed E-state index contributed by atoms with van der Waals surface area (Å²) in [7, 11) is -3.83. The second kappa shape index (κ2) is 15.0. The summed E-state index contributed by atoms with van der Waals surface area (Å²) in [6.07, 6.45) is 2.81. The lowest BCUT2D eigenvalue weighted by molar-refractivity contribution is -0.117. The van der Waals surface area contributed by atoms with E-state index in [0.717, 1.165) is 24.8 Å². The fourth-order valence-electron chi connectivity index (χ4n) is 5.44. The molecule has 12 nitrogen and oxygen atoms in total. The number of hydrogen-bond acceptors (Lipinski definition) is 9. The molecule has 2 fully saturated rings. The van der Waals surface area contributed by atoms with Gasteiger partial charge in [0.1, 0.15) is 16.7 Å². The van der Waals surface area contributed by atoms with Gasteiger partial charge in [0.25, 0.3) is 11.8 Å². The second-order valence-corrected chi connectivity index (χ2v) is 13.5. The Morgan fingerprint density at radius 2 is 1.72 bits per heavy atom. The zero-order valence-electron chi connectivity index (χ0n) is 25.5. The number of aromatic nitrogens is 2. The predicted molar refractivity (Wildman–Crippen MR) is 172 cm³/mol. The molecule has 1 aromatic carbocycles. The highest BCUT2D eigenvalue weighted by Gasteiger charge is 2.37. The van der Waals surface area contributed by atoms with Crippen molar-refractivity contribution in [2.45, 2.75) is 30.1 Å². The lowest BCUT2D eigenvalue weighted by Crippen LogP contribution is -2.49. The first-order valence-electron chi connectivity index (χ1n) is 15.3. The number of nitrogens with one attached hydrogen (secondary N) is 2. The zero-order chi connectivity index (χ0) is 33.6. The third-order valence-corrected chi connectivity index (χ3v) is 10.1. The van der Waals surface area contributed by atoms with E-state index in [4.69, 9.17) is 16.7 Å². The number of alkyl halides is 2. The summed E-state index contributed by atoms with van der Waals surface area (Å²) in [5.41, 5.74) is -0.213. The monoisotopic (exact) mass is 691 g/mol. The predicted octanol–water partition coefficient (Wildman–Crippen LogP) is 2.61. The van der Waals surface area contributed by atoms with Gasteiger partial charge in [0, 0.05) is 75.2 Å². The highest BCUT2D eigenvalue weighted by Crippen LogP contribution is 2.38. The van der Waals surface area contributed by atoms with E-state index in [9.17, 15) is 18.0 Å².